The van der Waals surface area contributed by atoms with E-state index in [9.17, 15) is 4.79 Å². The smallest absolute Gasteiger partial charge is 0.238 e. The molecule has 0 radical (unpaired) electrons. The Hall–Kier alpha value is -0.610. The third-order valence-electron chi connectivity index (χ3n) is 2.46. The highest BCUT2D eigenvalue weighted by Gasteiger charge is 2.31. The van der Waals surface area contributed by atoms with E-state index in [4.69, 9.17) is 5.11 Å². The van der Waals surface area contributed by atoms with Gasteiger partial charge in [-0.1, -0.05) is 13.8 Å². The summed E-state index contributed by atoms with van der Waals surface area (Å²) in [5.41, 5.74) is 0. The molecule has 1 heterocycles. The highest BCUT2D eigenvalue weighted by Crippen LogP contribution is 2.17. The number of hydrogen-bond donors (Lipinski definition) is 1. The second-order valence-corrected chi connectivity index (χ2v) is 4.31. The van der Waals surface area contributed by atoms with Crippen LogP contribution in [0, 0.1) is 5.92 Å². The Morgan fingerprint density at radius 1 is 1.43 bits per heavy atom. The number of hydrazine groups is 1. The maximum Gasteiger partial charge on any atom is 0.238 e. The molecule has 1 atom stereocenters. The summed E-state index contributed by atoms with van der Waals surface area (Å²) in [6.07, 6.45) is 0.580. The molecule has 1 saturated heterocycles. The number of rotatable bonds is 4. The van der Waals surface area contributed by atoms with Crippen LogP contribution in [-0.2, 0) is 4.79 Å². The minimum Gasteiger partial charge on any atom is -0.395 e. The van der Waals surface area contributed by atoms with Crippen LogP contribution in [0.3, 0.4) is 0 Å². The first-order valence-electron chi connectivity index (χ1n) is 5.24. The van der Waals surface area contributed by atoms with Gasteiger partial charge < -0.3 is 5.11 Å². The lowest BCUT2D eigenvalue weighted by atomic mass is 10.2. The van der Waals surface area contributed by atoms with Crippen LogP contribution in [0.1, 0.15) is 27.2 Å². The van der Waals surface area contributed by atoms with E-state index in [1.807, 2.05) is 11.9 Å². The maximum absolute atomic E-state index is 11.5. The number of aliphatic hydroxyl groups is 1. The predicted octanol–water partition coefficient (Wildman–Crippen LogP) is 0.472. The number of aliphatic hydroxyl groups excluding tert-OH is 1. The molecule has 0 spiro atoms. The summed E-state index contributed by atoms with van der Waals surface area (Å²) in [5.74, 6) is 0.643. The first kappa shape index (κ1) is 11.5. The Bertz CT molecular complexity index is 206. The van der Waals surface area contributed by atoms with Crippen molar-refractivity contribution in [1.29, 1.82) is 0 Å². The minimum absolute atomic E-state index is 0.0419. The normalized spacial score (nSPS) is 20.9. The summed E-state index contributed by atoms with van der Waals surface area (Å²) in [5, 5.41) is 12.8. The molecular formula is C10H20N2O2. The van der Waals surface area contributed by atoms with Gasteiger partial charge in [-0.3, -0.25) is 9.80 Å². The van der Waals surface area contributed by atoms with Crippen LogP contribution in [0.2, 0.25) is 0 Å². The van der Waals surface area contributed by atoms with Crippen LogP contribution in [-0.4, -0.2) is 46.8 Å². The van der Waals surface area contributed by atoms with Gasteiger partial charge in [0.15, 0.2) is 0 Å². The van der Waals surface area contributed by atoms with Gasteiger partial charge in [-0.05, 0) is 12.8 Å². The largest absolute Gasteiger partial charge is 0.395 e. The van der Waals surface area contributed by atoms with E-state index in [0.717, 1.165) is 13.1 Å². The molecule has 82 valence electrons. The van der Waals surface area contributed by atoms with Crippen LogP contribution in [0.5, 0.6) is 0 Å². The van der Waals surface area contributed by atoms with Crippen molar-refractivity contribution >= 4 is 5.91 Å². The Labute approximate surface area is 85.5 Å². The molecule has 0 saturated carbocycles. The Balaban J connectivity index is 2.61. The average Bonchev–Trinajstić information content (AvgIpc) is 2.46. The molecule has 1 amide bonds. The Morgan fingerprint density at radius 3 is 2.57 bits per heavy atom. The van der Waals surface area contributed by atoms with Gasteiger partial charge in [0.05, 0.1) is 6.61 Å². The number of carbonyl (C=O) groups excluding carboxylic acids is 1. The summed E-state index contributed by atoms with van der Waals surface area (Å²) in [6, 6.07) is 0.0419. The average molecular weight is 200 g/mol. The molecule has 4 nitrogen and oxygen atoms in total. The topological polar surface area (TPSA) is 43.8 Å². The first-order chi connectivity index (χ1) is 6.56. The van der Waals surface area contributed by atoms with Crippen molar-refractivity contribution in [3.05, 3.63) is 0 Å². The zero-order valence-corrected chi connectivity index (χ0v) is 9.23. The van der Waals surface area contributed by atoms with Crippen molar-refractivity contribution in [2.75, 3.05) is 19.7 Å². The van der Waals surface area contributed by atoms with Gasteiger partial charge in [-0.2, -0.15) is 0 Å². The van der Waals surface area contributed by atoms with Crippen LogP contribution >= 0.6 is 0 Å². The van der Waals surface area contributed by atoms with E-state index in [1.165, 1.54) is 0 Å². The minimum atomic E-state index is 0.0419. The number of nitrogens with zero attached hydrogens (tertiary/aromatic N) is 2. The van der Waals surface area contributed by atoms with Crippen molar-refractivity contribution in [1.82, 2.24) is 10.0 Å². The fourth-order valence-electron chi connectivity index (χ4n) is 1.71. The highest BCUT2D eigenvalue weighted by molar-refractivity contribution is 5.77. The van der Waals surface area contributed by atoms with Gasteiger partial charge in [0, 0.05) is 25.6 Å². The molecule has 0 aromatic rings. The predicted molar refractivity (Wildman–Crippen MR) is 54.4 cm³/mol. The van der Waals surface area contributed by atoms with E-state index < -0.39 is 0 Å². The van der Waals surface area contributed by atoms with Crippen LogP contribution in [0.25, 0.3) is 0 Å². The summed E-state index contributed by atoms with van der Waals surface area (Å²) in [7, 11) is 0. The molecule has 14 heavy (non-hydrogen) atoms. The SMILES string of the molecule is CC(C)CN1C(=O)CCN1C(C)CO. The molecule has 4 heteroatoms. The maximum atomic E-state index is 11.5. The standard InChI is InChI=1S/C10H20N2O2/c1-8(2)6-12-10(14)4-5-11(12)9(3)7-13/h8-9,13H,4-7H2,1-3H3. The molecule has 1 rings (SSSR count). The molecule has 0 aliphatic carbocycles. The van der Waals surface area contributed by atoms with Crippen molar-refractivity contribution < 1.29 is 9.90 Å². The van der Waals surface area contributed by atoms with Crippen molar-refractivity contribution in [2.24, 2.45) is 5.92 Å². The fraction of sp³-hybridized carbons (Fsp3) is 0.900. The third kappa shape index (κ3) is 2.45. The van der Waals surface area contributed by atoms with Crippen molar-refractivity contribution in [3.63, 3.8) is 0 Å². The van der Waals surface area contributed by atoms with E-state index in [1.54, 1.807) is 5.01 Å². The molecule has 0 aromatic carbocycles. The van der Waals surface area contributed by atoms with Crippen molar-refractivity contribution in [3.8, 4) is 0 Å². The molecule has 0 bridgehead atoms. The molecule has 1 aliphatic rings. The van der Waals surface area contributed by atoms with Crippen LogP contribution in [0.15, 0.2) is 0 Å². The van der Waals surface area contributed by atoms with Crippen LogP contribution < -0.4 is 0 Å². The Kier molecular flexibility index (Phi) is 3.89. The lowest BCUT2D eigenvalue weighted by Gasteiger charge is -2.33. The number of hydrogen-bond acceptors (Lipinski definition) is 3. The number of carbonyl (C=O) groups is 1. The third-order valence-corrected chi connectivity index (χ3v) is 2.46. The van der Waals surface area contributed by atoms with Gasteiger partial charge in [0.1, 0.15) is 0 Å². The van der Waals surface area contributed by atoms with E-state index in [-0.39, 0.29) is 18.6 Å². The molecule has 1 unspecified atom stereocenters. The molecular weight excluding hydrogens is 180 g/mol. The van der Waals surface area contributed by atoms with E-state index >= 15 is 0 Å². The molecule has 1 fully saturated rings. The zero-order chi connectivity index (χ0) is 10.7. The monoisotopic (exact) mass is 200 g/mol. The molecule has 1 aliphatic heterocycles. The summed E-state index contributed by atoms with van der Waals surface area (Å²) in [4.78, 5) is 11.5. The molecule has 1 N–H and O–H groups in total. The molecule has 0 aromatic heterocycles. The second kappa shape index (κ2) is 4.75. The number of amides is 1. The van der Waals surface area contributed by atoms with Gasteiger partial charge >= 0.3 is 0 Å². The lowest BCUT2D eigenvalue weighted by Crippen LogP contribution is -2.47. The Morgan fingerprint density at radius 2 is 2.07 bits per heavy atom. The van der Waals surface area contributed by atoms with Gasteiger partial charge in [-0.25, -0.2) is 5.01 Å². The van der Waals surface area contributed by atoms with Gasteiger partial charge in [-0.15, -0.1) is 0 Å². The first-order valence-corrected chi connectivity index (χ1v) is 5.24. The van der Waals surface area contributed by atoms with Gasteiger partial charge in [0.25, 0.3) is 0 Å². The highest BCUT2D eigenvalue weighted by atomic mass is 16.3. The lowest BCUT2D eigenvalue weighted by molar-refractivity contribution is -0.142. The van der Waals surface area contributed by atoms with E-state index in [0.29, 0.717) is 12.3 Å². The zero-order valence-electron chi connectivity index (χ0n) is 9.23. The quantitative estimate of drug-likeness (QED) is 0.717. The van der Waals surface area contributed by atoms with E-state index in [2.05, 4.69) is 13.8 Å². The van der Waals surface area contributed by atoms with Gasteiger partial charge in [0.2, 0.25) is 5.91 Å². The van der Waals surface area contributed by atoms with Crippen LogP contribution in [0.4, 0.5) is 0 Å². The fourth-order valence-corrected chi connectivity index (χ4v) is 1.71. The summed E-state index contributed by atoms with van der Waals surface area (Å²) >= 11 is 0. The summed E-state index contributed by atoms with van der Waals surface area (Å²) < 4.78 is 0. The van der Waals surface area contributed by atoms with Crippen molar-refractivity contribution in [2.45, 2.75) is 33.2 Å². The second-order valence-electron chi connectivity index (χ2n) is 4.31. The summed E-state index contributed by atoms with van der Waals surface area (Å²) in [6.45, 7) is 7.71.